The second kappa shape index (κ2) is 9.33. The molecule has 0 fully saturated rings. The Morgan fingerprint density at radius 3 is 2.00 bits per heavy atom. The molecule has 0 atom stereocenters. The number of nitriles is 1. The molecule has 5 nitrogen and oxygen atoms in total. The van der Waals surface area contributed by atoms with Gasteiger partial charge in [0.05, 0.1) is 11.6 Å². The van der Waals surface area contributed by atoms with Gasteiger partial charge in [-0.2, -0.15) is 14.0 Å². The summed E-state index contributed by atoms with van der Waals surface area (Å²) in [5, 5.41) is 11.5. The molecule has 0 saturated heterocycles. The number of rotatable bonds is 7. The molecule has 0 aromatic heterocycles. The van der Waals surface area contributed by atoms with E-state index in [0.717, 1.165) is 11.1 Å². The first-order valence-electron chi connectivity index (χ1n) is 8.61. The maximum Gasteiger partial charge on any atom is 0.387 e. The first-order chi connectivity index (χ1) is 14.0. The number of hydrogen-bond donors (Lipinski definition) is 1. The molecule has 0 bridgehead atoms. The molecule has 3 aromatic carbocycles. The average Bonchev–Trinajstić information content (AvgIpc) is 2.74. The fourth-order valence-electron chi connectivity index (χ4n) is 2.55. The zero-order valence-corrected chi connectivity index (χ0v) is 15.1. The molecular weight excluding hydrogens is 378 g/mol. The molecular formula is C22H16F2N2O3. The van der Waals surface area contributed by atoms with Gasteiger partial charge in [-0.05, 0) is 59.7 Å². The van der Waals surface area contributed by atoms with Crippen LogP contribution in [0.1, 0.15) is 5.56 Å². The highest BCUT2D eigenvalue weighted by Gasteiger charge is 2.07. The minimum Gasteiger partial charge on any atom is -0.484 e. The summed E-state index contributed by atoms with van der Waals surface area (Å²) < 4.78 is 34.0. The highest BCUT2D eigenvalue weighted by Crippen LogP contribution is 2.23. The van der Waals surface area contributed by atoms with Gasteiger partial charge < -0.3 is 14.8 Å². The summed E-state index contributed by atoms with van der Waals surface area (Å²) in [6.45, 7) is -3.10. The van der Waals surface area contributed by atoms with E-state index in [0.29, 0.717) is 17.0 Å². The summed E-state index contributed by atoms with van der Waals surface area (Å²) in [5.74, 6) is 0.151. The molecule has 0 unspecified atom stereocenters. The van der Waals surface area contributed by atoms with Crippen molar-refractivity contribution in [2.24, 2.45) is 0 Å². The van der Waals surface area contributed by atoms with Crippen LogP contribution in [-0.2, 0) is 4.79 Å². The SMILES string of the molecule is N#Cc1ccc(-c2ccc(OCC(=O)Nc3ccc(OC(F)F)cc3)cc2)cc1. The average molecular weight is 394 g/mol. The number of carbonyl (C=O) groups is 1. The van der Waals surface area contributed by atoms with Gasteiger partial charge in [-0.15, -0.1) is 0 Å². The summed E-state index contributed by atoms with van der Waals surface area (Å²) in [4.78, 5) is 12.0. The van der Waals surface area contributed by atoms with E-state index in [9.17, 15) is 13.6 Å². The predicted octanol–water partition coefficient (Wildman–Crippen LogP) is 4.84. The number of carbonyl (C=O) groups excluding carboxylic acids is 1. The van der Waals surface area contributed by atoms with Crippen molar-refractivity contribution < 1.29 is 23.0 Å². The van der Waals surface area contributed by atoms with E-state index in [4.69, 9.17) is 10.00 Å². The van der Waals surface area contributed by atoms with E-state index < -0.39 is 6.61 Å². The standard InChI is InChI=1S/C22H16F2N2O3/c23-22(24)29-20-11-7-18(8-12-20)26-21(27)14-28-19-9-5-17(6-10-19)16-3-1-15(13-25)2-4-16/h1-12,22H,14H2,(H,26,27). The Balaban J connectivity index is 1.51. The normalized spacial score (nSPS) is 10.3. The van der Waals surface area contributed by atoms with Crippen molar-refractivity contribution in [1.82, 2.24) is 0 Å². The molecule has 0 radical (unpaired) electrons. The van der Waals surface area contributed by atoms with Crippen molar-refractivity contribution in [1.29, 1.82) is 5.26 Å². The van der Waals surface area contributed by atoms with Crippen molar-refractivity contribution in [3.8, 4) is 28.7 Å². The molecule has 0 saturated carbocycles. The van der Waals surface area contributed by atoms with E-state index in [1.807, 2.05) is 24.3 Å². The molecule has 1 amide bonds. The van der Waals surface area contributed by atoms with Crippen molar-refractivity contribution in [3.63, 3.8) is 0 Å². The third-order valence-electron chi connectivity index (χ3n) is 3.93. The quantitative estimate of drug-likeness (QED) is 0.622. The zero-order chi connectivity index (χ0) is 20.6. The van der Waals surface area contributed by atoms with Gasteiger partial charge in [0.15, 0.2) is 6.61 Å². The fourth-order valence-corrected chi connectivity index (χ4v) is 2.55. The van der Waals surface area contributed by atoms with Crippen LogP contribution < -0.4 is 14.8 Å². The molecule has 0 aliphatic rings. The minimum atomic E-state index is -2.90. The minimum absolute atomic E-state index is 0.0107. The summed E-state index contributed by atoms with van der Waals surface area (Å²) >= 11 is 0. The van der Waals surface area contributed by atoms with Crippen LogP contribution in [0.2, 0.25) is 0 Å². The van der Waals surface area contributed by atoms with Crippen molar-refractivity contribution >= 4 is 11.6 Å². The van der Waals surface area contributed by atoms with Gasteiger partial charge in [0, 0.05) is 5.69 Å². The lowest BCUT2D eigenvalue weighted by Gasteiger charge is -2.09. The predicted molar refractivity (Wildman–Crippen MR) is 104 cm³/mol. The van der Waals surface area contributed by atoms with E-state index >= 15 is 0 Å². The molecule has 29 heavy (non-hydrogen) atoms. The number of hydrogen-bond acceptors (Lipinski definition) is 4. The van der Waals surface area contributed by atoms with Crippen LogP contribution in [0.3, 0.4) is 0 Å². The molecule has 0 heterocycles. The lowest BCUT2D eigenvalue weighted by atomic mass is 10.0. The van der Waals surface area contributed by atoms with Crippen LogP contribution in [0.5, 0.6) is 11.5 Å². The number of amides is 1. The Kier molecular flexibility index (Phi) is 6.38. The summed E-state index contributed by atoms with van der Waals surface area (Å²) in [5.41, 5.74) is 2.96. The summed E-state index contributed by atoms with van der Waals surface area (Å²) in [7, 11) is 0. The smallest absolute Gasteiger partial charge is 0.387 e. The molecule has 1 N–H and O–H groups in total. The van der Waals surface area contributed by atoms with Gasteiger partial charge in [0.25, 0.3) is 5.91 Å². The van der Waals surface area contributed by atoms with Crippen LogP contribution in [-0.4, -0.2) is 19.1 Å². The van der Waals surface area contributed by atoms with E-state index in [2.05, 4.69) is 16.1 Å². The van der Waals surface area contributed by atoms with Crippen LogP contribution in [0.25, 0.3) is 11.1 Å². The van der Waals surface area contributed by atoms with Crippen LogP contribution in [0.15, 0.2) is 72.8 Å². The van der Waals surface area contributed by atoms with Crippen LogP contribution in [0, 0.1) is 11.3 Å². The molecule has 0 aliphatic heterocycles. The number of ether oxygens (including phenoxy) is 2. The van der Waals surface area contributed by atoms with E-state index in [-0.39, 0.29) is 18.3 Å². The number of nitrogens with one attached hydrogen (secondary N) is 1. The van der Waals surface area contributed by atoms with Gasteiger partial charge in [0.2, 0.25) is 0 Å². The van der Waals surface area contributed by atoms with E-state index in [1.165, 1.54) is 24.3 Å². The van der Waals surface area contributed by atoms with E-state index in [1.54, 1.807) is 24.3 Å². The Morgan fingerprint density at radius 1 is 0.897 bits per heavy atom. The topological polar surface area (TPSA) is 71.3 Å². The van der Waals surface area contributed by atoms with Gasteiger partial charge in [-0.25, -0.2) is 0 Å². The second-order valence-corrected chi connectivity index (χ2v) is 5.95. The second-order valence-electron chi connectivity index (χ2n) is 5.95. The van der Waals surface area contributed by atoms with Crippen LogP contribution in [0.4, 0.5) is 14.5 Å². The molecule has 3 aromatic rings. The summed E-state index contributed by atoms with van der Waals surface area (Å²) in [6, 6.07) is 22.1. The van der Waals surface area contributed by atoms with Gasteiger partial charge in [-0.3, -0.25) is 4.79 Å². The zero-order valence-electron chi connectivity index (χ0n) is 15.1. The third kappa shape index (κ3) is 5.78. The number of nitrogens with zero attached hydrogens (tertiary/aromatic N) is 1. The Hall–Kier alpha value is -3.92. The number of halogens is 2. The Bertz CT molecular complexity index is 996. The first kappa shape index (κ1) is 19.8. The maximum absolute atomic E-state index is 12.1. The molecule has 0 aliphatic carbocycles. The number of benzene rings is 3. The highest BCUT2D eigenvalue weighted by atomic mass is 19.3. The first-order valence-corrected chi connectivity index (χ1v) is 8.61. The van der Waals surface area contributed by atoms with Gasteiger partial charge in [0.1, 0.15) is 11.5 Å². The number of anilines is 1. The monoisotopic (exact) mass is 394 g/mol. The van der Waals surface area contributed by atoms with Crippen molar-refractivity contribution in [2.45, 2.75) is 6.61 Å². The molecule has 3 rings (SSSR count). The van der Waals surface area contributed by atoms with Gasteiger partial charge >= 0.3 is 6.61 Å². The molecule has 0 spiro atoms. The maximum atomic E-state index is 12.1. The lowest BCUT2D eigenvalue weighted by molar-refractivity contribution is -0.118. The summed E-state index contributed by atoms with van der Waals surface area (Å²) in [6.07, 6.45) is 0. The Morgan fingerprint density at radius 2 is 1.45 bits per heavy atom. The number of alkyl halides is 2. The van der Waals surface area contributed by atoms with Gasteiger partial charge in [-0.1, -0.05) is 24.3 Å². The van der Waals surface area contributed by atoms with Crippen molar-refractivity contribution in [3.05, 3.63) is 78.4 Å². The molecule has 146 valence electrons. The highest BCUT2D eigenvalue weighted by molar-refractivity contribution is 5.91. The largest absolute Gasteiger partial charge is 0.484 e. The van der Waals surface area contributed by atoms with Crippen molar-refractivity contribution in [2.75, 3.05) is 11.9 Å². The lowest BCUT2D eigenvalue weighted by Crippen LogP contribution is -2.20. The molecule has 7 heteroatoms. The van der Waals surface area contributed by atoms with Crippen LogP contribution >= 0.6 is 0 Å². The fraction of sp³-hybridized carbons (Fsp3) is 0.0909. The third-order valence-corrected chi connectivity index (χ3v) is 3.93. The Labute approximate surface area is 166 Å².